The van der Waals surface area contributed by atoms with Crippen LogP contribution < -0.4 is 4.74 Å². The second-order valence-corrected chi connectivity index (χ2v) is 5.50. The summed E-state index contributed by atoms with van der Waals surface area (Å²) in [7, 11) is 0. The highest BCUT2D eigenvalue weighted by molar-refractivity contribution is 5.36. The first-order valence-corrected chi connectivity index (χ1v) is 7.06. The lowest BCUT2D eigenvalue weighted by atomic mass is 9.93. The van der Waals surface area contributed by atoms with Crippen LogP contribution in [0.25, 0.3) is 0 Å². The summed E-state index contributed by atoms with van der Waals surface area (Å²) in [5, 5.41) is 8.84. The summed E-state index contributed by atoms with van der Waals surface area (Å²) in [5.74, 6) is 1.64. The van der Waals surface area contributed by atoms with Gasteiger partial charge in [-0.15, -0.1) is 0 Å². The molecule has 0 radical (unpaired) electrons. The molecule has 1 heterocycles. The van der Waals surface area contributed by atoms with E-state index in [1.165, 1.54) is 19.4 Å². The molecule has 3 nitrogen and oxygen atoms in total. The maximum atomic E-state index is 8.84. The lowest BCUT2D eigenvalue weighted by Gasteiger charge is -2.36. The molecule has 0 amide bonds. The number of likely N-dealkylation sites (tertiary alicyclic amines) is 1. The third-order valence-corrected chi connectivity index (χ3v) is 3.89. The second kappa shape index (κ2) is 6.58. The lowest BCUT2D eigenvalue weighted by Crippen LogP contribution is -2.42. The normalized spacial score (nSPS) is 23.8. The zero-order valence-electron chi connectivity index (χ0n) is 11.8. The Morgan fingerprint density at radius 2 is 2.26 bits per heavy atom. The molecule has 0 aromatic heterocycles. The zero-order valence-corrected chi connectivity index (χ0v) is 11.8. The van der Waals surface area contributed by atoms with E-state index < -0.39 is 0 Å². The maximum absolute atomic E-state index is 8.84. The van der Waals surface area contributed by atoms with E-state index in [4.69, 9.17) is 10.00 Å². The highest BCUT2D eigenvalue weighted by Gasteiger charge is 2.22. The van der Waals surface area contributed by atoms with E-state index >= 15 is 0 Å². The van der Waals surface area contributed by atoms with Crippen LogP contribution in [0.3, 0.4) is 0 Å². The van der Waals surface area contributed by atoms with Crippen molar-refractivity contribution in [3.05, 3.63) is 29.8 Å². The quantitative estimate of drug-likeness (QED) is 0.832. The molecule has 1 saturated heterocycles. The van der Waals surface area contributed by atoms with Crippen molar-refractivity contribution < 1.29 is 4.74 Å². The highest BCUT2D eigenvalue weighted by Crippen LogP contribution is 2.21. The van der Waals surface area contributed by atoms with Crippen LogP contribution in [-0.2, 0) is 0 Å². The Labute approximate surface area is 115 Å². The SMILES string of the molecule is CC1CCN(CCOc2cccc(C#N)c2)C(C)C1. The number of hydrogen-bond acceptors (Lipinski definition) is 3. The Morgan fingerprint density at radius 3 is 3.00 bits per heavy atom. The van der Waals surface area contributed by atoms with E-state index in [1.54, 1.807) is 12.1 Å². The van der Waals surface area contributed by atoms with Gasteiger partial charge in [0.25, 0.3) is 0 Å². The molecule has 0 spiro atoms. The number of nitriles is 1. The Bertz CT molecular complexity index is 452. The smallest absolute Gasteiger partial charge is 0.120 e. The van der Waals surface area contributed by atoms with Crippen molar-refractivity contribution in [1.29, 1.82) is 5.26 Å². The summed E-state index contributed by atoms with van der Waals surface area (Å²) in [6.45, 7) is 7.45. The van der Waals surface area contributed by atoms with Crippen molar-refractivity contribution in [2.24, 2.45) is 5.92 Å². The first-order valence-electron chi connectivity index (χ1n) is 7.06. The van der Waals surface area contributed by atoms with Crippen LogP contribution in [-0.4, -0.2) is 30.6 Å². The molecule has 102 valence electrons. The number of ether oxygens (including phenoxy) is 1. The fraction of sp³-hybridized carbons (Fsp3) is 0.562. The van der Waals surface area contributed by atoms with Gasteiger partial charge in [-0.05, 0) is 50.4 Å². The summed E-state index contributed by atoms with van der Waals surface area (Å²) in [6, 6.07) is 10.1. The van der Waals surface area contributed by atoms with Crippen LogP contribution in [0, 0.1) is 17.2 Å². The van der Waals surface area contributed by atoms with Gasteiger partial charge in [0.15, 0.2) is 0 Å². The van der Waals surface area contributed by atoms with E-state index in [0.717, 1.165) is 18.2 Å². The van der Waals surface area contributed by atoms with Gasteiger partial charge in [0, 0.05) is 12.6 Å². The molecular weight excluding hydrogens is 236 g/mol. The second-order valence-electron chi connectivity index (χ2n) is 5.50. The average Bonchev–Trinajstić information content (AvgIpc) is 2.41. The maximum Gasteiger partial charge on any atom is 0.120 e. The van der Waals surface area contributed by atoms with Crippen molar-refractivity contribution in [3.63, 3.8) is 0 Å². The lowest BCUT2D eigenvalue weighted by molar-refractivity contribution is 0.109. The van der Waals surface area contributed by atoms with E-state index in [9.17, 15) is 0 Å². The van der Waals surface area contributed by atoms with Crippen molar-refractivity contribution in [2.45, 2.75) is 32.7 Å². The van der Waals surface area contributed by atoms with E-state index in [2.05, 4.69) is 24.8 Å². The van der Waals surface area contributed by atoms with Crippen molar-refractivity contribution in [3.8, 4) is 11.8 Å². The summed E-state index contributed by atoms with van der Waals surface area (Å²) in [4.78, 5) is 2.49. The molecular formula is C16H22N2O. The fourth-order valence-electron chi connectivity index (χ4n) is 2.72. The van der Waals surface area contributed by atoms with Gasteiger partial charge in [-0.3, -0.25) is 4.90 Å². The summed E-state index contributed by atoms with van der Waals surface area (Å²) in [6.07, 6.45) is 2.57. The van der Waals surface area contributed by atoms with Gasteiger partial charge in [-0.1, -0.05) is 13.0 Å². The van der Waals surface area contributed by atoms with Crippen molar-refractivity contribution in [1.82, 2.24) is 4.90 Å². The Morgan fingerprint density at radius 1 is 1.42 bits per heavy atom. The molecule has 0 aliphatic carbocycles. The largest absolute Gasteiger partial charge is 0.492 e. The minimum Gasteiger partial charge on any atom is -0.492 e. The number of nitrogens with zero attached hydrogens (tertiary/aromatic N) is 2. The molecule has 1 aliphatic heterocycles. The first-order chi connectivity index (χ1) is 9.19. The van der Waals surface area contributed by atoms with Crippen LogP contribution in [0.2, 0.25) is 0 Å². The van der Waals surface area contributed by atoms with Crippen LogP contribution in [0.15, 0.2) is 24.3 Å². The van der Waals surface area contributed by atoms with Gasteiger partial charge in [0.1, 0.15) is 12.4 Å². The van der Waals surface area contributed by atoms with E-state index in [-0.39, 0.29) is 0 Å². The fourth-order valence-corrected chi connectivity index (χ4v) is 2.72. The van der Waals surface area contributed by atoms with Gasteiger partial charge >= 0.3 is 0 Å². The van der Waals surface area contributed by atoms with Gasteiger partial charge in [0.05, 0.1) is 11.6 Å². The Balaban J connectivity index is 1.78. The monoisotopic (exact) mass is 258 g/mol. The molecule has 2 atom stereocenters. The number of rotatable bonds is 4. The molecule has 0 saturated carbocycles. The highest BCUT2D eigenvalue weighted by atomic mass is 16.5. The molecule has 1 aliphatic rings. The number of hydrogen-bond donors (Lipinski definition) is 0. The van der Waals surface area contributed by atoms with Crippen LogP contribution >= 0.6 is 0 Å². The first kappa shape index (κ1) is 13.9. The Kier molecular flexibility index (Phi) is 4.81. The number of benzene rings is 1. The average molecular weight is 258 g/mol. The molecule has 2 unspecified atom stereocenters. The minimum absolute atomic E-state index is 0.651. The van der Waals surface area contributed by atoms with E-state index in [1.807, 2.05) is 12.1 Å². The topological polar surface area (TPSA) is 36.3 Å². The number of piperidine rings is 1. The summed E-state index contributed by atoms with van der Waals surface area (Å²) >= 11 is 0. The van der Waals surface area contributed by atoms with Crippen LogP contribution in [0.5, 0.6) is 5.75 Å². The molecule has 3 heteroatoms. The molecule has 0 N–H and O–H groups in total. The standard InChI is InChI=1S/C16H22N2O/c1-13-6-7-18(14(2)10-13)8-9-19-16-5-3-4-15(11-16)12-17/h3-5,11,13-14H,6-10H2,1-2H3. The van der Waals surface area contributed by atoms with Gasteiger partial charge in [0.2, 0.25) is 0 Å². The molecule has 1 aromatic carbocycles. The van der Waals surface area contributed by atoms with Crippen LogP contribution in [0.1, 0.15) is 32.3 Å². The molecule has 1 aromatic rings. The molecule has 1 fully saturated rings. The predicted molar refractivity (Wildman–Crippen MR) is 76.1 cm³/mol. The minimum atomic E-state index is 0.651. The molecule has 19 heavy (non-hydrogen) atoms. The zero-order chi connectivity index (χ0) is 13.7. The molecule has 2 rings (SSSR count). The van der Waals surface area contributed by atoms with Crippen molar-refractivity contribution in [2.75, 3.05) is 19.7 Å². The summed E-state index contributed by atoms with van der Waals surface area (Å²) in [5.41, 5.74) is 0.651. The summed E-state index contributed by atoms with van der Waals surface area (Å²) < 4.78 is 5.73. The Hall–Kier alpha value is -1.53. The van der Waals surface area contributed by atoms with Gasteiger partial charge < -0.3 is 4.74 Å². The predicted octanol–water partition coefficient (Wildman–Crippen LogP) is 3.06. The third kappa shape index (κ3) is 3.97. The molecule has 0 bridgehead atoms. The van der Waals surface area contributed by atoms with E-state index in [0.29, 0.717) is 18.2 Å². The third-order valence-electron chi connectivity index (χ3n) is 3.89. The van der Waals surface area contributed by atoms with Gasteiger partial charge in [-0.2, -0.15) is 5.26 Å². The van der Waals surface area contributed by atoms with Gasteiger partial charge in [-0.25, -0.2) is 0 Å². The van der Waals surface area contributed by atoms with Crippen LogP contribution in [0.4, 0.5) is 0 Å². The van der Waals surface area contributed by atoms with Crippen molar-refractivity contribution >= 4 is 0 Å².